The summed E-state index contributed by atoms with van der Waals surface area (Å²) < 4.78 is 5.78. The summed E-state index contributed by atoms with van der Waals surface area (Å²) >= 11 is 0. The molecule has 0 aliphatic carbocycles. The summed E-state index contributed by atoms with van der Waals surface area (Å²) in [5.41, 5.74) is 7.69. The SMILES string of the molecule is CCC(C)(C)NC(=O)C(C)Oc1ccc(C(C)N)cc1C. The number of nitrogens with two attached hydrogens (primary N) is 1. The third kappa shape index (κ3) is 5.05. The van der Waals surface area contributed by atoms with E-state index in [4.69, 9.17) is 10.5 Å². The van der Waals surface area contributed by atoms with Gasteiger partial charge in [0.2, 0.25) is 0 Å². The molecule has 0 spiro atoms. The molecular weight excluding hydrogens is 264 g/mol. The van der Waals surface area contributed by atoms with Crippen LogP contribution >= 0.6 is 0 Å². The number of benzene rings is 1. The lowest BCUT2D eigenvalue weighted by molar-refractivity contribution is -0.129. The van der Waals surface area contributed by atoms with E-state index in [-0.39, 0.29) is 17.5 Å². The van der Waals surface area contributed by atoms with Gasteiger partial charge in [0.15, 0.2) is 6.10 Å². The molecule has 0 heterocycles. The van der Waals surface area contributed by atoms with Gasteiger partial charge in [0.25, 0.3) is 5.91 Å². The molecule has 1 rings (SSSR count). The van der Waals surface area contributed by atoms with Crippen LogP contribution in [-0.2, 0) is 4.79 Å². The van der Waals surface area contributed by atoms with Crippen molar-refractivity contribution in [3.63, 3.8) is 0 Å². The molecule has 0 aromatic heterocycles. The van der Waals surface area contributed by atoms with Crippen LogP contribution in [0.3, 0.4) is 0 Å². The van der Waals surface area contributed by atoms with Crippen LogP contribution in [0.4, 0.5) is 0 Å². The van der Waals surface area contributed by atoms with Crippen LogP contribution < -0.4 is 15.8 Å². The van der Waals surface area contributed by atoms with E-state index in [0.29, 0.717) is 0 Å². The molecule has 0 fully saturated rings. The Hall–Kier alpha value is -1.55. The second-order valence-corrected chi connectivity index (χ2v) is 6.30. The van der Waals surface area contributed by atoms with Crippen molar-refractivity contribution in [2.75, 3.05) is 0 Å². The van der Waals surface area contributed by atoms with Gasteiger partial charge in [-0.15, -0.1) is 0 Å². The highest BCUT2D eigenvalue weighted by Crippen LogP contribution is 2.23. The monoisotopic (exact) mass is 292 g/mol. The van der Waals surface area contributed by atoms with Gasteiger partial charge in [0.1, 0.15) is 5.75 Å². The van der Waals surface area contributed by atoms with E-state index >= 15 is 0 Å². The number of hydrogen-bond donors (Lipinski definition) is 2. The summed E-state index contributed by atoms with van der Waals surface area (Å²) in [4.78, 5) is 12.2. The summed E-state index contributed by atoms with van der Waals surface area (Å²) in [7, 11) is 0. The number of hydrogen-bond acceptors (Lipinski definition) is 3. The third-order valence-electron chi connectivity index (χ3n) is 3.74. The van der Waals surface area contributed by atoms with Crippen LogP contribution in [0.25, 0.3) is 0 Å². The maximum atomic E-state index is 12.2. The molecule has 1 aromatic rings. The first-order valence-electron chi connectivity index (χ1n) is 7.51. The summed E-state index contributed by atoms with van der Waals surface area (Å²) in [6, 6.07) is 5.81. The Morgan fingerprint density at radius 2 is 2.00 bits per heavy atom. The van der Waals surface area contributed by atoms with Crippen LogP contribution in [0.15, 0.2) is 18.2 Å². The highest BCUT2D eigenvalue weighted by molar-refractivity contribution is 5.81. The highest BCUT2D eigenvalue weighted by Gasteiger charge is 2.23. The summed E-state index contributed by atoms with van der Waals surface area (Å²) in [6.07, 6.45) is 0.337. The van der Waals surface area contributed by atoms with E-state index in [2.05, 4.69) is 5.32 Å². The van der Waals surface area contributed by atoms with Crippen molar-refractivity contribution in [2.45, 2.75) is 65.6 Å². The maximum Gasteiger partial charge on any atom is 0.261 e. The lowest BCUT2D eigenvalue weighted by atomic mass is 10.0. The van der Waals surface area contributed by atoms with Crippen molar-refractivity contribution >= 4 is 5.91 Å². The fourth-order valence-corrected chi connectivity index (χ4v) is 1.86. The van der Waals surface area contributed by atoms with Crippen LogP contribution in [0, 0.1) is 6.92 Å². The fourth-order valence-electron chi connectivity index (χ4n) is 1.86. The number of aryl methyl sites for hydroxylation is 1. The van der Waals surface area contributed by atoms with Crippen molar-refractivity contribution in [1.29, 1.82) is 0 Å². The van der Waals surface area contributed by atoms with E-state index in [1.54, 1.807) is 6.92 Å². The predicted molar refractivity (Wildman–Crippen MR) is 86.4 cm³/mol. The number of nitrogens with one attached hydrogen (secondary N) is 1. The Kier molecular flexibility index (Phi) is 5.78. The molecule has 21 heavy (non-hydrogen) atoms. The van der Waals surface area contributed by atoms with Crippen molar-refractivity contribution in [1.82, 2.24) is 5.32 Å². The second kappa shape index (κ2) is 6.94. The standard InChI is InChI=1S/C17H28N2O2/c1-7-17(5,6)19-16(20)13(4)21-15-9-8-14(12(3)18)10-11(15)2/h8-10,12-13H,7,18H2,1-6H3,(H,19,20). The summed E-state index contributed by atoms with van der Waals surface area (Å²) in [6.45, 7) is 11.7. The molecule has 2 unspecified atom stereocenters. The molecular formula is C17H28N2O2. The van der Waals surface area contributed by atoms with E-state index in [9.17, 15) is 4.79 Å². The van der Waals surface area contributed by atoms with Crippen molar-refractivity contribution < 1.29 is 9.53 Å². The minimum Gasteiger partial charge on any atom is -0.481 e. The molecule has 0 radical (unpaired) electrons. The lowest BCUT2D eigenvalue weighted by Crippen LogP contribution is -2.48. The first-order chi connectivity index (χ1) is 9.66. The number of carbonyl (C=O) groups excluding carboxylic acids is 1. The van der Waals surface area contributed by atoms with Crippen molar-refractivity contribution in [3.8, 4) is 5.75 Å². The first kappa shape index (κ1) is 17.5. The average Bonchev–Trinajstić information content (AvgIpc) is 2.40. The molecule has 4 nitrogen and oxygen atoms in total. The number of carbonyl (C=O) groups is 1. The fraction of sp³-hybridized carbons (Fsp3) is 0.588. The Labute approximate surface area is 128 Å². The molecule has 1 amide bonds. The Bertz CT molecular complexity index is 496. The van der Waals surface area contributed by atoms with E-state index in [1.165, 1.54) is 0 Å². The van der Waals surface area contributed by atoms with Crippen LogP contribution in [0.5, 0.6) is 5.75 Å². The molecule has 0 saturated heterocycles. The number of rotatable bonds is 6. The Morgan fingerprint density at radius 1 is 1.38 bits per heavy atom. The van der Waals surface area contributed by atoms with E-state index in [0.717, 1.165) is 23.3 Å². The zero-order valence-electron chi connectivity index (χ0n) is 14.0. The lowest BCUT2D eigenvalue weighted by Gasteiger charge is -2.27. The minimum atomic E-state index is -0.532. The predicted octanol–water partition coefficient (Wildman–Crippen LogP) is 3.09. The molecule has 0 saturated carbocycles. The molecule has 0 bridgehead atoms. The van der Waals surface area contributed by atoms with Gasteiger partial charge in [0.05, 0.1) is 0 Å². The minimum absolute atomic E-state index is 0.0103. The average molecular weight is 292 g/mol. The van der Waals surface area contributed by atoms with E-state index in [1.807, 2.05) is 52.8 Å². The zero-order valence-corrected chi connectivity index (χ0v) is 14.0. The van der Waals surface area contributed by atoms with Gasteiger partial charge in [-0.05, 0) is 58.2 Å². The van der Waals surface area contributed by atoms with Gasteiger partial charge in [0, 0.05) is 11.6 Å². The van der Waals surface area contributed by atoms with E-state index < -0.39 is 6.10 Å². The van der Waals surface area contributed by atoms with Crippen molar-refractivity contribution in [2.24, 2.45) is 5.73 Å². The van der Waals surface area contributed by atoms with Gasteiger partial charge in [-0.1, -0.05) is 19.1 Å². The number of ether oxygens (including phenoxy) is 1. The Morgan fingerprint density at radius 3 is 2.48 bits per heavy atom. The molecule has 0 aliphatic heterocycles. The Balaban J connectivity index is 2.75. The third-order valence-corrected chi connectivity index (χ3v) is 3.74. The van der Waals surface area contributed by atoms with Gasteiger partial charge >= 0.3 is 0 Å². The molecule has 1 aromatic carbocycles. The smallest absolute Gasteiger partial charge is 0.261 e. The van der Waals surface area contributed by atoms with Crippen LogP contribution in [0.1, 0.15) is 58.2 Å². The van der Waals surface area contributed by atoms with Crippen LogP contribution in [-0.4, -0.2) is 17.6 Å². The molecule has 4 heteroatoms. The van der Waals surface area contributed by atoms with Gasteiger partial charge < -0.3 is 15.8 Å². The zero-order chi connectivity index (χ0) is 16.2. The molecule has 118 valence electrons. The second-order valence-electron chi connectivity index (χ2n) is 6.30. The maximum absolute atomic E-state index is 12.2. The van der Waals surface area contributed by atoms with Crippen LogP contribution in [0.2, 0.25) is 0 Å². The summed E-state index contributed by atoms with van der Waals surface area (Å²) in [5.74, 6) is 0.619. The molecule has 0 aliphatic rings. The normalized spacial score (nSPS) is 14.4. The largest absolute Gasteiger partial charge is 0.481 e. The first-order valence-corrected chi connectivity index (χ1v) is 7.51. The summed E-state index contributed by atoms with van der Waals surface area (Å²) in [5, 5.41) is 2.99. The van der Waals surface area contributed by atoms with Gasteiger partial charge in [-0.2, -0.15) is 0 Å². The van der Waals surface area contributed by atoms with Gasteiger partial charge in [-0.25, -0.2) is 0 Å². The topological polar surface area (TPSA) is 64.3 Å². The quantitative estimate of drug-likeness (QED) is 0.847. The molecule has 2 atom stereocenters. The van der Waals surface area contributed by atoms with Crippen molar-refractivity contribution in [3.05, 3.63) is 29.3 Å². The number of amides is 1. The molecule has 3 N–H and O–H groups in total. The van der Waals surface area contributed by atoms with Gasteiger partial charge in [-0.3, -0.25) is 4.79 Å². The highest BCUT2D eigenvalue weighted by atomic mass is 16.5.